The van der Waals surface area contributed by atoms with Gasteiger partial charge in [0.25, 0.3) is 11.8 Å². The van der Waals surface area contributed by atoms with Gasteiger partial charge >= 0.3 is 5.97 Å². The average molecular weight is 521 g/mol. The van der Waals surface area contributed by atoms with E-state index in [1.807, 2.05) is 18.2 Å². The van der Waals surface area contributed by atoms with Crippen molar-refractivity contribution in [3.63, 3.8) is 0 Å². The number of benzene rings is 3. The predicted molar refractivity (Wildman–Crippen MR) is 137 cm³/mol. The molecule has 37 heavy (non-hydrogen) atoms. The summed E-state index contributed by atoms with van der Waals surface area (Å²) in [4.78, 5) is 53.3. The monoisotopic (exact) mass is 520 g/mol. The Bertz CT molecular complexity index is 1300. The van der Waals surface area contributed by atoms with Gasteiger partial charge < -0.3 is 14.4 Å². The maximum atomic E-state index is 13.4. The summed E-state index contributed by atoms with van der Waals surface area (Å²) in [6.45, 7) is 1.19. The molecule has 1 aliphatic heterocycles. The summed E-state index contributed by atoms with van der Waals surface area (Å²) in [5, 5.41) is 0.568. The van der Waals surface area contributed by atoms with Crippen LogP contribution in [-0.2, 0) is 25.6 Å². The molecule has 9 heteroatoms. The van der Waals surface area contributed by atoms with E-state index in [0.717, 1.165) is 10.5 Å². The van der Waals surface area contributed by atoms with Crippen molar-refractivity contribution in [1.82, 2.24) is 4.90 Å². The maximum Gasteiger partial charge on any atom is 0.308 e. The summed E-state index contributed by atoms with van der Waals surface area (Å²) in [6, 6.07) is 21.2. The zero-order valence-corrected chi connectivity index (χ0v) is 20.9. The van der Waals surface area contributed by atoms with Gasteiger partial charge in [0.15, 0.2) is 6.61 Å². The van der Waals surface area contributed by atoms with E-state index in [2.05, 4.69) is 0 Å². The number of ether oxygens (including phenoxy) is 2. The summed E-state index contributed by atoms with van der Waals surface area (Å²) >= 11 is 6.10. The van der Waals surface area contributed by atoms with Gasteiger partial charge in [0.05, 0.1) is 12.1 Å². The largest absolute Gasteiger partial charge is 0.484 e. The minimum Gasteiger partial charge on any atom is -0.484 e. The van der Waals surface area contributed by atoms with Crippen molar-refractivity contribution in [2.24, 2.45) is 0 Å². The van der Waals surface area contributed by atoms with Gasteiger partial charge in [-0.15, -0.1) is 0 Å². The lowest BCUT2D eigenvalue weighted by Crippen LogP contribution is -2.48. The van der Waals surface area contributed by atoms with E-state index < -0.39 is 29.7 Å². The number of amides is 3. The Balaban J connectivity index is 1.53. The Morgan fingerprint density at radius 3 is 2.38 bits per heavy atom. The Morgan fingerprint density at radius 2 is 1.70 bits per heavy atom. The molecule has 1 saturated heterocycles. The summed E-state index contributed by atoms with van der Waals surface area (Å²) in [6.07, 6.45) is 0.282. The van der Waals surface area contributed by atoms with Crippen LogP contribution in [-0.4, -0.2) is 47.8 Å². The highest BCUT2D eigenvalue weighted by molar-refractivity contribution is 6.30. The lowest BCUT2D eigenvalue weighted by Gasteiger charge is -2.28. The third-order valence-electron chi connectivity index (χ3n) is 5.81. The number of halogens is 1. The van der Waals surface area contributed by atoms with Gasteiger partial charge in [-0.3, -0.25) is 19.2 Å². The number of hydrogen-bond acceptors (Lipinski definition) is 6. The van der Waals surface area contributed by atoms with Gasteiger partial charge in [-0.2, -0.15) is 0 Å². The molecule has 0 bridgehead atoms. The number of rotatable bonds is 9. The Kier molecular flexibility index (Phi) is 8.20. The van der Waals surface area contributed by atoms with Gasteiger partial charge in [-0.25, -0.2) is 4.90 Å². The molecule has 3 aromatic rings. The minimum absolute atomic E-state index is 0.156. The predicted octanol–water partition coefficient (Wildman–Crippen LogP) is 4.05. The molecule has 190 valence electrons. The molecule has 0 aliphatic carbocycles. The van der Waals surface area contributed by atoms with Crippen LogP contribution >= 0.6 is 11.6 Å². The van der Waals surface area contributed by atoms with Crippen LogP contribution in [0.3, 0.4) is 0 Å². The van der Waals surface area contributed by atoms with Crippen molar-refractivity contribution in [3.8, 4) is 11.5 Å². The zero-order chi connectivity index (χ0) is 26.4. The molecule has 0 radical (unpaired) electrons. The molecule has 1 fully saturated rings. The highest BCUT2D eigenvalue weighted by atomic mass is 35.5. The smallest absolute Gasteiger partial charge is 0.308 e. The quantitative estimate of drug-likeness (QED) is 0.240. The Morgan fingerprint density at radius 1 is 0.973 bits per heavy atom. The van der Waals surface area contributed by atoms with E-state index in [4.69, 9.17) is 21.1 Å². The third-order valence-corrected chi connectivity index (χ3v) is 6.05. The molecule has 1 unspecified atom stereocenters. The first-order valence-corrected chi connectivity index (χ1v) is 12.1. The molecule has 8 nitrogen and oxygen atoms in total. The van der Waals surface area contributed by atoms with E-state index in [1.165, 1.54) is 36.1 Å². The van der Waals surface area contributed by atoms with E-state index in [9.17, 15) is 19.2 Å². The van der Waals surface area contributed by atoms with Crippen LogP contribution in [0.15, 0.2) is 78.9 Å². The van der Waals surface area contributed by atoms with Gasteiger partial charge in [0.1, 0.15) is 17.5 Å². The fourth-order valence-corrected chi connectivity index (χ4v) is 4.31. The SMILES string of the molecule is CC(=O)Oc1ccc(N2C(=O)CC(N(CCc3cccc(Cl)c3)C(=O)COc3ccccc3)C2=O)cc1. The third kappa shape index (κ3) is 6.54. The molecule has 0 N–H and O–H groups in total. The number of nitrogens with zero attached hydrogens (tertiary/aromatic N) is 2. The number of carbonyl (C=O) groups is 4. The van der Waals surface area contributed by atoms with Gasteiger partial charge in [-0.05, 0) is 60.5 Å². The first-order valence-electron chi connectivity index (χ1n) is 11.7. The topological polar surface area (TPSA) is 93.2 Å². The summed E-state index contributed by atoms with van der Waals surface area (Å²) < 4.78 is 10.7. The molecule has 1 atom stereocenters. The van der Waals surface area contributed by atoms with Crippen LogP contribution in [0.2, 0.25) is 5.02 Å². The Hall–Kier alpha value is -4.17. The molecule has 4 rings (SSSR count). The number of carbonyl (C=O) groups excluding carboxylic acids is 4. The number of anilines is 1. The number of esters is 1. The van der Waals surface area contributed by atoms with Crippen molar-refractivity contribution in [1.29, 1.82) is 0 Å². The van der Waals surface area contributed by atoms with Gasteiger partial charge in [0.2, 0.25) is 5.91 Å². The van der Waals surface area contributed by atoms with Crippen LogP contribution in [0.5, 0.6) is 11.5 Å². The van der Waals surface area contributed by atoms with E-state index in [0.29, 0.717) is 28.6 Å². The standard InChI is InChI=1S/C28H25ClN2O6/c1-19(32)37-24-12-10-22(11-13-24)31-26(33)17-25(28(31)35)30(15-14-20-6-5-7-21(29)16-20)27(34)18-36-23-8-3-2-4-9-23/h2-13,16,25H,14-15,17-18H2,1H3. The number of para-hydroxylation sites is 1. The second-order valence-electron chi connectivity index (χ2n) is 8.44. The normalized spacial score (nSPS) is 15.0. The average Bonchev–Trinajstić information content (AvgIpc) is 3.17. The van der Waals surface area contributed by atoms with Crippen LogP contribution in [0.1, 0.15) is 18.9 Å². The molecule has 0 saturated carbocycles. The second kappa shape index (κ2) is 11.7. The van der Waals surface area contributed by atoms with Crippen molar-refractivity contribution >= 4 is 41.0 Å². The lowest BCUT2D eigenvalue weighted by atomic mass is 10.1. The lowest BCUT2D eigenvalue weighted by molar-refractivity contribution is -0.140. The van der Waals surface area contributed by atoms with Gasteiger partial charge in [-0.1, -0.05) is 41.9 Å². The van der Waals surface area contributed by atoms with Crippen molar-refractivity contribution < 1.29 is 28.7 Å². The number of imide groups is 1. The van der Waals surface area contributed by atoms with Crippen molar-refractivity contribution in [2.75, 3.05) is 18.1 Å². The first-order chi connectivity index (χ1) is 17.8. The highest BCUT2D eigenvalue weighted by Gasteiger charge is 2.44. The molecule has 1 heterocycles. The molecule has 3 amide bonds. The fraction of sp³-hybridized carbons (Fsp3) is 0.214. The fourth-order valence-electron chi connectivity index (χ4n) is 4.10. The summed E-state index contributed by atoms with van der Waals surface area (Å²) in [5.74, 6) is -1.02. The molecular weight excluding hydrogens is 496 g/mol. The van der Waals surface area contributed by atoms with Crippen LogP contribution in [0.4, 0.5) is 5.69 Å². The maximum absolute atomic E-state index is 13.4. The second-order valence-corrected chi connectivity index (χ2v) is 8.88. The molecule has 0 spiro atoms. The van der Waals surface area contributed by atoms with Crippen LogP contribution < -0.4 is 14.4 Å². The molecule has 0 aromatic heterocycles. The van der Waals surface area contributed by atoms with Crippen molar-refractivity contribution in [2.45, 2.75) is 25.8 Å². The Labute approximate surface area is 219 Å². The van der Waals surface area contributed by atoms with Gasteiger partial charge in [0, 0.05) is 18.5 Å². The molecule has 1 aliphatic rings. The summed E-state index contributed by atoms with van der Waals surface area (Å²) in [5.41, 5.74) is 1.22. The first kappa shape index (κ1) is 25.9. The van der Waals surface area contributed by atoms with E-state index in [1.54, 1.807) is 36.4 Å². The van der Waals surface area contributed by atoms with Crippen LogP contribution in [0.25, 0.3) is 0 Å². The van der Waals surface area contributed by atoms with Crippen molar-refractivity contribution in [3.05, 3.63) is 89.4 Å². The summed E-state index contributed by atoms with van der Waals surface area (Å²) in [7, 11) is 0. The zero-order valence-electron chi connectivity index (χ0n) is 20.1. The molecular formula is C28H25ClN2O6. The highest BCUT2D eigenvalue weighted by Crippen LogP contribution is 2.28. The van der Waals surface area contributed by atoms with E-state index in [-0.39, 0.29) is 19.6 Å². The van der Waals surface area contributed by atoms with E-state index >= 15 is 0 Å². The van der Waals surface area contributed by atoms with Crippen LogP contribution in [0, 0.1) is 0 Å². The number of hydrogen-bond donors (Lipinski definition) is 0. The molecule has 3 aromatic carbocycles. The minimum atomic E-state index is -0.980.